The van der Waals surface area contributed by atoms with Gasteiger partial charge in [0.1, 0.15) is 28.3 Å². The van der Waals surface area contributed by atoms with Crippen molar-refractivity contribution in [2.45, 2.75) is 24.3 Å². The Labute approximate surface area is 209 Å². The van der Waals surface area contributed by atoms with Gasteiger partial charge >= 0.3 is 0 Å². The van der Waals surface area contributed by atoms with E-state index in [9.17, 15) is 13.2 Å². The van der Waals surface area contributed by atoms with E-state index >= 15 is 0 Å². The number of amides is 1. The molecular weight excluding hydrogens is 486 g/mol. The van der Waals surface area contributed by atoms with Gasteiger partial charge in [-0.25, -0.2) is 8.42 Å². The summed E-state index contributed by atoms with van der Waals surface area (Å²) >= 11 is 0. The van der Waals surface area contributed by atoms with Crippen LogP contribution in [0.3, 0.4) is 0 Å². The highest BCUT2D eigenvalue weighted by Gasteiger charge is 2.27. The Morgan fingerprint density at radius 1 is 1.19 bits per heavy atom. The lowest BCUT2D eigenvalue weighted by molar-refractivity contribution is -0.126. The van der Waals surface area contributed by atoms with Crippen molar-refractivity contribution < 1.29 is 27.2 Å². The molecule has 36 heavy (non-hydrogen) atoms. The normalized spacial score (nSPS) is 14.8. The molecule has 1 aliphatic rings. The van der Waals surface area contributed by atoms with Gasteiger partial charge < -0.3 is 19.3 Å². The van der Waals surface area contributed by atoms with Crippen LogP contribution in [0.25, 0.3) is 11.0 Å². The van der Waals surface area contributed by atoms with Crippen LogP contribution < -0.4 is 19.5 Å². The highest BCUT2D eigenvalue weighted by atomic mass is 32.2. The lowest BCUT2D eigenvalue weighted by atomic mass is 9.95. The summed E-state index contributed by atoms with van der Waals surface area (Å²) in [5.74, 6) is 0.470. The Hall–Kier alpha value is -3.82. The van der Waals surface area contributed by atoms with Crippen molar-refractivity contribution in [1.29, 1.82) is 5.26 Å². The van der Waals surface area contributed by atoms with Crippen molar-refractivity contribution in [3.8, 4) is 17.6 Å². The van der Waals surface area contributed by atoms with Crippen LogP contribution in [0.15, 0.2) is 45.8 Å². The van der Waals surface area contributed by atoms with Crippen LogP contribution in [0.1, 0.15) is 18.4 Å². The third-order valence-electron chi connectivity index (χ3n) is 6.11. The topological polar surface area (TPSA) is 147 Å². The lowest BCUT2D eigenvalue weighted by Gasteiger charge is -2.31. The molecule has 0 aliphatic carbocycles. The molecule has 3 aromatic rings. The molecule has 1 saturated heterocycles. The molecule has 12 heteroatoms. The van der Waals surface area contributed by atoms with Gasteiger partial charge in [-0.15, -0.1) is 0 Å². The second kappa shape index (κ2) is 10.8. The van der Waals surface area contributed by atoms with Crippen molar-refractivity contribution in [3.63, 3.8) is 0 Å². The van der Waals surface area contributed by atoms with E-state index in [2.05, 4.69) is 20.1 Å². The third-order valence-corrected chi connectivity index (χ3v) is 7.49. The number of carbonyl (C=O) groups excluding carboxylic acids is 1. The molecule has 2 aromatic carbocycles. The number of hydrogen-bond donors (Lipinski definition) is 2. The number of nitrogens with one attached hydrogen (secondary N) is 2. The number of sulfonamides is 1. The fourth-order valence-electron chi connectivity index (χ4n) is 4.32. The summed E-state index contributed by atoms with van der Waals surface area (Å²) in [5, 5.41) is 15.6. The van der Waals surface area contributed by atoms with Gasteiger partial charge in [0.05, 0.1) is 20.3 Å². The van der Waals surface area contributed by atoms with Gasteiger partial charge in [-0.3, -0.25) is 14.4 Å². The van der Waals surface area contributed by atoms with Crippen LogP contribution in [-0.4, -0.2) is 58.2 Å². The number of benzene rings is 2. The number of piperidine rings is 1. The van der Waals surface area contributed by atoms with Crippen LogP contribution in [-0.2, 0) is 21.4 Å². The van der Waals surface area contributed by atoms with Gasteiger partial charge in [-0.2, -0.15) is 5.26 Å². The molecule has 11 nitrogen and oxygen atoms in total. The van der Waals surface area contributed by atoms with Crippen molar-refractivity contribution in [2.75, 3.05) is 38.6 Å². The Kier molecular flexibility index (Phi) is 7.61. The first-order chi connectivity index (χ1) is 17.4. The summed E-state index contributed by atoms with van der Waals surface area (Å²) in [7, 11) is -1.11. The highest BCUT2D eigenvalue weighted by molar-refractivity contribution is 7.92. The van der Waals surface area contributed by atoms with E-state index in [1.807, 2.05) is 12.1 Å². The standard InChI is InChI=1S/C24H27N5O6S/c1-33-18-5-3-4-6-21(18)36(31,32)28-23-22-19(34-2)13-16(14-20(22)35-27-23)15-29-11-7-17(8-12-29)24(30)26-10-9-25/h3-6,13-14,17H,7-8,10-12,15H2,1-2H3,(H,26,30)(H,27,28). The molecule has 0 bridgehead atoms. The molecule has 2 heterocycles. The number of anilines is 1. The van der Waals surface area contributed by atoms with Crippen LogP contribution in [0.2, 0.25) is 0 Å². The van der Waals surface area contributed by atoms with Gasteiger partial charge in [-0.05, 0) is 55.8 Å². The zero-order valence-corrected chi connectivity index (χ0v) is 20.8. The van der Waals surface area contributed by atoms with E-state index in [1.165, 1.54) is 20.3 Å². The zero-order chi connectivity index (χ0) is 25.7. The second-order valence-corrected chi connectivity index (χ2v) is 10.0. The number of ether oxygens (including phenoxy) is 2. The van der Waals surface area contributed by atoms with E-state index in [4.69, 9.17) is 19.3 Å². The van der Waals surface area contributed by atoms with Crippen molar-refractivity contribution in [2.24, 2.45) is 5.92 Å². The Morgan fingerprint density at radius 2 is 1.92 bits per heavy atom. The number of carbonyl (C=O) groups is 1. The van der Waals surface area contributed by atoms with Crippen molar-refractivity contribution >= 4 is 32.7 Å². The molecule has 0 unspecified atom stereocenters. The molecule has 0 spiro atoms. The van der Waals surface area contributed by atoms with E-state index in [1.54, 1.807) is 24.3 Å². The molecule has 190 valence electrons. The van der Waals surface area contributed by atoms with Gasteiger partial charge in [0.15, 0.2) is 11.4 Å². The molecule has 0 atom stereocenters. The minimum Gasteiger partial charge on any atom is -0.496 e. The van der Waals surface area contributed by atoms with Gasteiger partial charge in [-0.1, -0.05) is 17.3 Å². The second-order valence-electron chi connectivity index (χ2n) is 8.39. The zero-order valence-electron chi connectivity index (χ0n) is 20.0. The van der Waals surface area contributed by atoms with Crippen LogP contribution in [0, 0.1) is 17.2 Å². The minimum atomic E-state index is -4.01. The van der Waals surface area contributed by atoms with E-state index < -0.39 is 10.0 Å². The summed E-state index contributed by atoms with van der Waals surface area (Å²) < 4.78 is 44.7. The van der Waals surface area contributed by atoms with Gasteiger partial charge in [0, 0.05) is 12.5 Å². The van der Waals surface area contributed by atoms with Crippen LogP contribution in [0.4, 0.5) is 5.82 Å². The number of nitrogens with zero attached hydrogens (tertiary/aromatic N) is 3. The highest BCUT2D eigenvalue weighted by Crippen LogP contribution is 2.36. The first-order valence-corrected chi connectivity index (χ1v) is 12.8. The molecule has 4 rings (SSSR count). The fraction of sp³-hybridized carbons (Fsp3) is 0.375. The Morgan fingerprint density at radius 3 is 2.61 bits per heavy atom. The molecule has 0 radical (unpaired) electrons. The lowest BCUT2D eigenvalue weighted by Crippen LogP contribution is -2.40. The Bertz CT molecular complexity index is 1390. The van der Waals surface area contributed by atoms with Crippen molar-refractivity contribution in [1.82, 2.24) is 15.4 Å². The predicted molar refractivity (Wildman–Crippen MR) is 131 cm³/mol. The minimum absolute atomic E-state index is 0.0171. The average Bonchev–Trinajstić information content (AvgIpc) is 3.29. The van der Waals surface area contributed by atoms with E-state index in [0.29, 0.717) is 36.1 Å². The maximum atomic E-state index is 13.0. The summed E-state index contributed by atoms with van der Waals surface area (Å²) in [6.45, 7) is 2.07. The largest absolute Gasteiger partial charge is 0.496 e. The smallest absolute Gasteiger partial charge is 0.266 e. The number of nitriles is 1. The number of methoxy groups -OCH3 is 2. The number of para-hydroxylation sites is 1. The summed E-state index contributed by atoms with van der Waals surface area (Å²) in [5.41, 5.74) is 1.29. The summed E-state index contributed by atoms with van der Waals surface area (Å²) in [6, 6.07) is 11.8. The summed E-state index contributed by atoms with van der Waals surface area (Å²) in [4.78, 5) is 14.3. The van der Waals surface area contributed by atoms with E-state index in [0.717, 1.165) is 18.7 Å². The van der Waals surface area contributed by atoms with E-state index in [-0.39, 0.29) is 34.8 Å². The molecule has 2 N–H and O–H groups in total. The summed E-state index contributed by atoms with van der Waals surface area (Å²) in [6.07, 6.45) is 1.40. The fourth-order valence-corrected chi connectivity index (χ4v) is 5.50. The first-order valence-electron chi connectivity index (χ1n) is 11.4. The SMILES string of the molecule is COc1ccccc1S(=O)(=O)Nc1noc2cc(CN3CCC(C(=O)NCC#N)CC3)cc(OC)c12. The monoisotopic (exact) mass is 513 g/mol. The quantitative estimate of drug-likeness (QED) is 0.412. The third kappa shape index (κ3) is 5.37. The van der Waals surface area contributed by atoms with Crippen LogP contribution in [0.5, 0.6) is 11.5 Å². The number of likely N-dealkylation sites (tertiary alicyclic amines) is 1. The molecule has 1 aromatic heterocycles. The molecule has 1 amide bonds. The number of hydrogen-bond acceptors (Lipinski definition) is 9. The van der Waals surface area contributed by atoms with Gasteiger partial charge in [0.2, 0.25) is 5.91 Å². The maximum Gasteiger partial charge on any atom is 0.266 e. The number of rotatable bonds is 9. The van der Waals surface area contributed by atoms with Gasteiger partial charge in [0.25, 0.3) is 10.0 Å². The average molecular weight is 514 g/mol. The molecule has 1 aliphatic heterocycles. The van der Waals surface area contributed by atoms with Crippen LogP contribution >= 0.6 is 0 Å². The Balaban J connectivity index is 1.51. The molecule has 0 saturated carbocycles. The maximum absolute atomic E-state index is 13.0. The number of fused-ring (bicyclic) bond motifs is 1. The molecular formula is C24H27N5O6S. The predicted octanol–water partition coefficient (Wildman–Crippen LogP) is 2.50. The van der Waals surface area contributed by atoms with Crippen molar-refractivity contribution in [3.05, 3.63) is 42.0 Å². The molecule has 1 fully saturated rings. The first kappa shape index (κ1) is 25.3. The number of aromatic nitrogens is 1.